The van der Waals surface area contributed by atoms with E-state index in [4.69, 9.17) is 14.2 Å². The van der Waals surface area contributed by atoms with Crippen molar-refractivity contribution in [3.05, 3.63) is 30.9 Å². The van der Waals surface area contributed by atoms with Crippen LogP contribution in [0.1, 0.15) is 13.3 Å². The zero-order valence-corrected chi connectivity index (χ0v) is 19.1. The first-order valence-electron chi connectivity index (χ1n) is 6.66. The predicted octanol–water partition coefficient (Wildman–Crippen LogP) is -0.446. The van der Waals surface area contributed by atoms with Gasteiger partial charge < -0.3 is 19.1 Å². The molecule has 0 spiro atoms. The van der Waals surface area contributed by atoms with Crippen molar-refractivity contribution in [1.82, 2.24) is 4.90 Å². The van der Waals surface area contributed by atoms with Crippen LogP contribution in [0.25, 0.3) is 0 Å². The third kappa shape index (κ3) is 6.70. The number of rotatable bonds is 6. The first-order valence-corrected chi connectivity index (χ1v) is 6.66. The minimum Gasteiger partial charge on any atom is -0.520 e. The van der Waals surface area contributed by atoms with Gasteiger partial charge in [-0.15, -0.1) is 5.92 Å². The molecule has 0 aliphatic carbocycles. The standard InChI is InChI=1S/C15H22NO3.Cs/c1-12-9-15(18-11-12)19-14-6-4-5-13(10-14)17-8-7-16(2)3;/h4-6,10-12,15H,7-9H2,1-3H3;/q-1;+1/t12-,15?;/m1./s1. The summed E-state index contributed by atoms with van der Waals surface area (Å²) in [6, 6.07) is 7.70. The summed E-state index contributed by atoms with van der Waals surface area (Å²) in [4.78, 5) is 2.09. The molecule has 1 saturated heterocycles. The second-order valence-electron chi connectivity index (χ2n) is 5.16. The third-order valence-electron chi connectivity index (χ3n) is 2.91. The molecule has 0 amide bonds. The molecule has 1 heterocycles. The molecule has 106 valence electrons. The molecule has 1 fully saturated rings. The normalized spacial score (nSPS) is 21.6. The molecule has 0 aromatic heterocycles. The van der Waals surface area contributed by atoms with Crippen LogP contribution in [0.15, 0.2) is 24.3 Å². The molecule has 0 saturated carbocycles. The summed E-state index contributed by atoms with van der Waals surface area (Å²) in [6.07, 6.45) is 0.721. The molecular weight excluding hydrogens is 375 g/mol. The number of likely N-dealkylation sites (N-methyl/N-ethyl adjacent to an activating group) is 1. The Balaban J connectivity index is 0.00000200. The van der Waals surface area contributed by atoms with E-state index in [0.717, 1.165) is 24.5 Å². The molecule has 0 radical (unpaired) electrons. The number of ether oxygens (including phenoxy) is 3. The summed E-state index contributed by atoms with van der Waals surface area (Å²) in [5, 5.41) is 0. The van der Waals surface area contributed by atoms with E-state index in [1.165, 1.54) is 0 Å². The van der Waals surface area contributed by atoms with Crippen molar-refractivity contribution >= 4 is 0 Å². The van der Waals surface area contributed by atoms with Crippen molar-refractivity contribution in [3.63, 3.8) is 0 Å². The van der Waals surface area contributed by atoms with Crippen molar-refractivity contribution < 1.29 is 83.1 Å². The van der Waals surface area contributed by atoms with E-state index in [2.05, 4.69) is 11.8 Å². The number of benzene rings is 1. The first-order chi connectivity index (χ1) is 9.13. The Labute approximate surface area is 180 Å². The van der Waals surface area contributed by atoms with Crippen LogP contribution in [0.4, 0.5) is 0 Å². The van der Waals surface area contributed by atoms with Gasteiger partial charge in [-0.05, 0) is 32.6 Å². The van der Waals surface area contributed by atoms with E-state index in [1.54, 1.807) is 0 Å². The van der Waals surface area contributed by atoms with Gasteiger partial charge in [-0.3, -0.25) is 0 Å². The van der Waals surface area contributed by atoms with Crippen LogP contribution in [-0.2, 0) is 4.74 Å². The van der Waals surface area contributed by atoms with Gasteiger partial charge >= 0.3 is 68.9 Å². The van der Waals surface area contributed by atoms with Crippen LogP contribution in [-0.4, -0.2) is 38.4 Å². The minimum atomic E-state index is -0.174. The molecule has 0 N–H and O–H groups in total. The Morgan fingerprint density at radius 2 is 2.10 bits per heavy atom. The molecule has 1 aromatic carbocycles. The Morgan fingerprint density at radius 3 is 2.75 bits per heavy atom. The van der Waals surface area contributed by atoms with Crippen LogP contribution < -0.4 is 78.4 Å². The number of hydrogen-bond acceptors (Lipinski definition) is 4. The minimum absolute atomic E-state index is 0. The fourth-order valence-corrected chi connectivity index (χ4v) is 1.85. The summed E-state index contributed by atoms with van der Waals surface area (Å²) in [7, 11) is 4.05. The molecule has 4 nitrogen and oxygen atoms in total. The van der Waals surface area contributed by atoms with Crippen LogP contribution in [0, 0.1) is 12.5 Å². The van der Waals surface area contributed by atoms with Gasteiger partial charge in [0.15, 0.2) is 6.29 Å². The van der Waals surface area contributed by atoms with Gasteiger partial charge in [0.05, 0.1) is 0 Å². The second kappa shape index (κ2) is 9.74. The Kier molecular flexibility index (Phi) is 9.17. The van der Waals surface area contributed by atoms with Crippen molar-refractivity contribution in [3.8, 4) is 11.5 Å². The van der Waals surface area contributed by atoms with Gasteiger partial charge in [-0.2, -0.15) is 0 Å². The maximum Gasteiger partial charge on any atom is 1.00 e. The largest absolute Gasteiger partial charge is 1.00 e. The number of nitrogens with zero attached hydrogens (tertiary/aromatic N) is 1. The Hall–Kier alpha value is 0.792. The average molecular weight is 397 g/mol. The molecule has 1 aliphatic heterocycles. The molecule has 20 heavy (non-hydrogen) atoms. The van der Waals surface area contributed by atoms with Crippen molar-refractivity contribution in [2.75, 3.05) is 27.2 Å². The zero-order chi connectivity index (χ0) is 13.7. The first kappa shape index (κ1) is 18.8. The second-order valence-corrected chi connectivity index (χ2v) is 5.16. The molecule has 1 unspecified atom stereocenters. The molecule has 2 rings (SSSR count). The maximum atomic E-state index is 5.77. The average Bonchev–Trinajstić information content (AvgIpc) is 2.75. The van der Waals surface area contributed by atoms with Crippen LogP contribution in [0.5, 0.6) is 11.5 Å². The molecule has 1 aliphatic rings. The van der Waals surface area contributed by atoms with E-state index in [-0.39, 0.29) is 75.2 Å². The van der Waals surface area contributed by atoms with Crippen molar-refractivity contribution in [1.29, 1.82) is 0 Å². The quantitative estimate of drug-likeness (QED) is 0.609. The summed E-state index contributed by atoms with van der Waals surface area (Å²) >= 11 is 0. The van der Waals surface area contributed by atoms with E-state index in [9.17, 15) is 0 Å². The molecule has 5 heteroatoms. The van der Waals surface area contributed by atoms with Gasteiger partial charge in [0.2, 0.25) is 0 Å². The van der Waals surface area contributed by atoms with E-state index >= 15 is 0 Å². The fraction of sp³-hybridized carbons (Fsp3) is 0.533. The van der Waals surface area contributed by atoms with Crippen LogP contribution >= 0.6 is 0 Å². The van der Waals surface area contributed by atoms with E-state index < -0.39 is 0 Å². The van der Waals surface area contributed by atoms with Crippen LogP contribution in [0.3, 0.4) is 0 Å². The number of hydrogen-bond donors (Lipinski definition) is 0. The SMILES string of the molecule is C[C@H]1[CH-]OC(Oc2cccc(OCCN(C)C)c2)C1.[Cs+]. The summed E-state index contributed by atoms with van der Waals surface area (Å²) in [5.41, 5.74) is 0. The topological polar surface area (TPSA) is 30.9 Å². The molecular formula is C15H22CsNO3. The third-order valence-corrected chi connectivity index (χ3v) is 2.91. The van der Waals surface area contributed by atoms with Crippen molar-refractivity contribution in [2.45, 2.75) is 19.6 Å². The molecule has 2 atom stereocenters. The predicted molar refractivity (Wildman–Crippen MR) is 74.1 cm³/mol. The van der Waals surface area contributed by atoms with Crippen LogP contribution in [0.2, 0.25) is 0 Å². The fourth-order valence-electron chi connectivity index (χ4n) is 1.85. The van der Waals surface area contributed by atoms with Gasteiger partial charge in [0.1, 0.15) is 18.1 Å². The maximum absolute atomic E-state index is 5.77. The molecule has 1 aromatic rings. The zero-order valence-electron chi connectivity index (χ0n) is 12.8. The summed E-state index contributed by atoms with van der Waals surface area (Å²) in [6.45, 7) is 5.51. The Morgan fingerprint density at radius 1 is 1.35 bits per heavy atom. The summed E-state index contributed by atoms with van der Waals surface area (Å²) < 4.78 is 16.9. The van der Waals surface area contributed by atoms with Gasteiger partial charge in [0, 0.05) is 12.6 Å². The van der Waals surface area contributed by atoms with Gasteiger partial charge in [-0.1, -0.05) is 13.0 Å². The van der Waals surface area contributed by atoms with E-state index in [0.29, 0.717) is 12.5 Å². The van der Waals surface area contributed by atoms with Crippen molar-refractivity contribution in [2.24, 2.45) is 5.92 Å². The van der Waals surface area contributed by atoms with E-state index in [1.807, 2.05) is 45.0 Å². The van der Waals surface area contributed by atoms with Gasteiger partial charge in [-0.25, -0.2) is 6.61 Å². The Bertz CT molecular complexity index is 400. The summed E-state index contributed by atoms with van der Waals surface area (Å²) in [5.74, 6) is 2.06. The smallest absolute Gasteiger partial charge is 0.520 e. The molecule has 0 bridgehead atoms. The van der Waals surface area contributed by atoms with Gasteiger partial charge in [0.25, 0.3) is 0 Å². The monoisotopic (exact) mass is 397 g/mol.